The molecule has 1 amide bonds. The molecule has 0 aliphatic heterocycles. The van der Waals surface area contributed by atoms with E-state index in [4.69, 9.17) is 5.73 Å². The van der Waals surface area contributed by atoms with Crippen molar-refractivity contribution >= 4 is 5.91 Å². The minimum Gasteiger partial charge on any atom is -0.369 e. The summed E-state index contributed by atoms with van der Waals surface area (Å²) in [5.74, 6) is 1.75. The molecule has 0 aliphatic carbocycles. The molecule has 0 bridgehead atoms. The Bertz CT molecular complexity index is 370. The van der Waals surface area contributed by atoms with Gasteiger partial charge < -0.3 is 5.73 Å². The van der Waals surface area contributed by atoms with Crippen molar-refractivity contribution in [2.45, 2.75) is 81.1 Å². The fraction of sp³-hybridized carbons (Fsp3) is 0.857. The molecule has 0 aliphatic rings. The van der Waals surface area contributed by atoms with Gasteiger partial charge in [-0.25, -0.2) is 0 Å². The van der Waals surface area contributed by atoms with E-state index in [1.807, 2.05) is 0 Å². The monoisotopic (exact) mass is 323 g/mol. The van der Waals surface area contributed by atoms with E-state index in [0.717, 1.165) is 12.8 Å². The van der Waals surface area contributed by atoms with Crippen LogP contribution in [-0.4, -0.2) is 5.91 Å². The summed E-state index contributed by atoms with van der Waals surface area (Å²) in [6.45, 7) is 17.9. The van der Waals surface area contributed by atoms with Crippen LogP contribution in [0.3, 0.4) is 0 Å². The van der Waals surface area contributed by atoms with Crippen molar-refractivity contribution in [3.8, 4) is 0 Å². The van der Waals surface area contributed by atoms with Crippen LogP contribution in [0.25, 0.3) is 0 Å². The number of amides is 1. The third-order valence-corrected chi connectivity index (χ3v) is 6.41. The van der Waals surface area contributed by atoms with E-state index in [-0.39, 0.29) is 17.2 Å². The Morgan fingerprint density at radius 1 is 1.09 bits per heavy atom. The molecule has 2 nitrogen and oxygen atoms in total. The van der Waals surface area contributed by atoms with Crippen molar-refractivity contribution in [3.05, 3.63) is 12.2 Å². The third kappa shape index (κ3) is 5.36. The lowest BCUT2D eigenvalue weighted by Crippen LogP contribution is -2.39. The Balaban J connectivity index is 5.59. The topological polar surface area (TPSA) is 43.1 Å². The van der Waals surface area contributed by atoms with Crippen molar-refractivity contribution in [2.75, 3.05) is 0 Å². The summed E-state index contributed by atoms with van der Waals surface area (Å²) in [5.41, 5.74) is 5.94. The van der Waals surface area contributed by atoms with Crippen LogP contribution in [-0.2, 0) is 4.79 Å². The SMILES string of the molecule is CC=CC(CC)(C(C)CC(C(N)=O)C(C)C(C)C)C(CC)CC. The van der Waals surface area contributed by atoms with Crippen molar-refractivity contribution in [1.82, 2.24) is 0 Å². The zero-order valence-corrected chi connectivity index (χ0v) is 16.9. The molecule has 0 aromatic rings. The largest absolute Gasteiger partial charge is 0.369 e. The second-order valence-corrected chi connectivity index (χ2v) is 7.73. The molecule has 0 rings (SSSR count). The number of carbonyl (C=O) groups is 1. The molecule has 0 aromatic heterocycles. The Morgan fingerprint density at radius 2 is 1.61 bits per heavy atom. The van der Waals surface area contributed by atoms with Gasteiger partial charge in [0.25, 0.3) is 0 Å². The highest BCUT2D eigenvalue weighted by Gasteiger charge is 2.40. The second-order valence-electron chi connectivity index (χ2n) is 7.73. The third-order valence-electron chi connectivity index (χ3n) is 6.41. The summed E-state index contributed by atoms with van der Waals surface area (Å²) < 4.78 is 0. The first-order valence-corrected chi connectivity index (χ1v) is 9.64. The maximum absolute atomic E-state index is 12.1. The average molecular weight is 324 g/mol. The fourth-order valence-electron chi connectivity index (χ4n) is 4.47. The van der Waals surface area contributed by atoms with Crippen molar-refractivity contribution < 1.29 is 4.79 Å². The molecular weight excluding hydrogens is 282 g/mol. The van der Waals surface area contributed by atoms with Crippen molar-refractivity contribution in [2.24, 2.45) is 40.7 Å². The van der Waals surface area contributed by atoms with Gasteiger partial charge in [0.05, 0.1) is 0 Å². The smallest absolute Gasteiger partial charge is 0.220 e. The molecule has 0 aromatic carbocycles. The molecule has 0 radical (unpaired) electrons. The Hall–Kier alpha value is -0.790. The lowest BCUT2D eigenvalue weighted by Gasteiger charge is -2.44. The van der Waals surface area contributed by atoms with E-state index < -0.39 is 0 Å². The van der Waals surface area contributed by atoms with Gasteiger partial charge in [0.15, 0.2) is 0 Å². The van der Waals surface area contributed by atoms with Gasteiger partial charge in [0.2, 0.25) is 5.91 Å². The van der Waals surface area contributed by atoms with Gasteiger partial charge in [-0.05, 0) is 48.9 Å². The first-order chi connectivity index (χ1) is 10.7. The summed E-state index contributed by atoms with van der Waals surface area (Å²) in [4.78, 5) is 12.1. The number of hydrogen-bond donors (Lipinski definition) is 1. The van der Waals surface area contributed by atoms with E-state index in [1.54, 1.807) is 0 Å². The predicted molar refractivity (Wildman–Crippen MR) is 102 cm³/mol. The van der Waals surface area contributed by atoms with E-state index in [9.17, 15) is 4.79 Å². The average Bonchev–Trinajstić information content (AvgIpc) is 2.51. The van der Waals surface area contributed by atoms with E-state index in [2.05, 4.69) is 67.5 Å². The Kier molecular flexibility index (Phi) is 9.80. The molecule has 0 saturated carbocycles. The van der Waals surface area contributed by atoms with Crippen LogP contribution in [0.4, 0.5) is 0 Å². The van der Waals surface area contributed by atoms with Gasteiger partial charge in [-0.3, -0.25) is 4.79 Å². The van der Waals surface area contributed by atoms with E-state index in [1.165, 1.54) is 12.8 Å². The highest BCUT2D eigenvalue weighted by molar-refractivity contribution is 5.77. The quantitative estimate of drug-likeness (QED) is 0.479. The lowest BCUT2D eigenvalue weighted by atomic mass is 9.60. The summed E-state index contributed by atoms with van der Waals surface area (Å²) in [6, 6.07) is 0. The van der Waals surface area contributed by atoms with Crippen molar-refractivity contribution in [1.29, 1.82) is 0 Å². The second kappa shape index (κ2) is 10.2. The highest BCUT2D eigenvalue weighted by Crippen LogP contribution is 2.47. The maximum Gasteiger partial charge on any atom is 0.220 e. The maximum atomic E-state index is 12.1. The highest BCUT2D eigenvalue weighted by atomic mass is 16.1. The van der Waals surface area contributed by atoms with E-state index >= 15 is 0 Å². The Morgan fingerprint density at radius 3 is 1.91 bits per heavy atom. The van der Waals surface area contributed by atoms with Gasteiger partial charge >= 0.3 is 0 Å². The predicted octanol–water partition coefficient (Wildman–Crippen LogP) is 5.81. The van der Waals surface area contributed by atoms with Crippen molar-refractivity contribution in [3.63, 3.8) is 0 Å². The fourth-order valence-corrected chi connectivity index (χ4v) is 4.47. The summed E-state index contributed by atoms with van der Waals surface area (Å²) >= 11 is 0. The summed E-state index contributed by atoms with van der Waals surface area (Å²) in [7, 11) is 0. The standard InChI is InChI=1S/C21H41NO/c1-9-13-21(12-4,18(10-2)11-3)16(7)14-19(20(22)23)17(8)15(5)6/h9,13,15-19H,10-12,14H2,1-8H3,(H2,22,23). The molecule has 23 heavy (non-hydrogen) atoms. The number of carbonyl (C=O) groups excluding carboxylic acids is 1. The molecule has 0 spiro atoms. The Labute approximate surface area is 145 Å². The van der Waals surface area contributed by atoms with Crippen LogP contribution in [0.15, 0.2) is 12.2 Å². The molecule has 2 heteroatoms. The van der Waals surface area contributed by atoms with Gasteiger partial charge in [-0.15, -0.1) is 0 Å². The molecular formula is C21H41NO. The first kappa shape index (κ1) is 22.2. The number of primary amides is 1. The summed E-state index contributed by atoms with van der Waals surface area (Å²) in [5, 5.41) is 0. The zero-order valence-electron chi connectivity index (χ0n) is 16.9. The van der Waals surface area contributed by atoms with Gasteiger partial charge in [0, 0.05) is 5.92 Å². The number of hydrogen-bond acceptors (Lipinski definition) is 1. The minimum absolute atomic E-state index is 0.0319. The van der Waals surface area contributed by atoms with Crippen LogP contribution in [0, 0.1) is 35.0 Å². The van der Waals surface area contributed by atoms with Gasteiger partial charge in [-0.1, -0.05) is 73.5 Å². The van der Waals surface area contributed by atoms with Crippen LogP contribution in [0.5, 0.6) is 0 Å². The number of allylic oxidation sites excluding steroid dienone is 2. The minimum atomic E-state index is -0.131. The summed E-state index contributed by atoms with van der Waals surface area (Å²) in [6.07, 6.45) is 8.98. The number of rotatable bonds is 11. The molecule has 0 fully saturated rings. The molecule has 4 unspecified atom stereocenters. The number of nitrogens with two attached hydrogens (primary N) is 1. The zero-order chi connectivity index (χ0) is 18.2. The molecule has 0 saturated heterocycles. The molecule has 2 N–H and O–H groups in total. The molecule has 4 atom stereocenters. The van der Waals surface area contributed by atoms with Crippen LogP contribution in [0.2, 0.25) is 0 Å². The van der Waals surface area contributed by atoms with Gasteiger partial charge in [0.1, 0.15) is 0 Å². The molecule has 136 valence electrons. The van der Waals surface area contributed by atoms with Crippen LogP contribution < -0.4 is 5.73 Å². The van der Waals surface area contributed by atoms with Crippen LogP contribution in [0.1, 0.15) is 81.1 Å². The normalized spacial score (nSPS) is 19.0. The first-order valence-electron chi connectivity index (χ1n) is 9.64. The van der Waals surface area contributed by atoms with Gasteiger partial charge in [-0.2, -0.15) is 0 Å². The lowest BCUT2D eigenvalue weighted by molar-refractivity contribution is -0.125. The molecule has 0 heterocycles. The van der Waals surface area contributed by atoms with E-state index in [0.29, 0.717) is 23.7 Å². The van der Waals surface area contributed by atoms with Crippen LogP contribution >= 0.6 is 0 Å².